The van der Waals surface area contributed by atoms with Crippen LogP contribution in [-0.4, -0.2) is 13.4 Å². The average Bonchev–Trinajstić information content (AvgIpc) is 3.11. The van der Waals surface area contributed by atoms with Crippen LogP contribution in [0, 0.1) is 11.6 Å². The Balaban J connectivity index is 1.85. The Bertz CT molecular complexity index is 1280. The lowest BCUT2D eigenvalue weighted by Gasteiger charge is -2.05. The van der Waals surface area contributed by atoms with Gasteiger partial charge >= 0.3 is 0 Å². The molecule has 5 nitrogen and oxygen atoms in total. The molecule has 0 atom stereocenters. The van der Waals surface area contributed by atoms with Crippen LogP contribution >= 0.6 is 0 Å². The normalized spacial score (nSPS) is 11.6. The number of halogens is 2. The van der Waals surface area contributed by atoms with E-state index < -0.39 is 21.7 Å². The van der Waals surface area contributed by atoms with Gasteiger partial charge in [-0.25, -0.2) is 27.3 Å². The lowest BCUT2D eigenvalue weighted by atomic mass is 10.0. The molecule has 0 saturated carbocycles. The van der Waals surface area contributed by atoms with E-state index in [-0.39, 0.29) is 27.8 Å². The summed E-state index contributed by atoms with van der Waals surface area (Å²) in [7, 11) is -3.88. The Morgan fingerprint density at radius 2 is 1.50 bits per heavy atom. The van der Waals surface area contributed by atoms with Gasteiger partial charge in [-0.1, -0.05) is 36.4 Å². The molecule has 2 N–H and O–H groups in total. The van der Waals surface area contributed by atoms with Crippen LogP contribution in [0.3, 0.4) is 0 Å². The summed E-state index contributed by atoms with van der Waals surface area (Å²) >= 11 is 0. The molecule has 0 aliphatic heterocycles. The van der Waals surface area contributed by atoms with E-state index >= 15 is 0 Å². The largest absolute Gasteiger partial charge is 0.440 e. The minimum absolute atomic E-state index is 0.000105. The predicted molar refractivity (Wildman–Crippen MR) is 108 cm³/mol. The van der Waals surface area contributed by atoms with E-state index in [0.29, 0.717) is 12.0 Å². The summed E-state index contributed by atoms with van der Waals surface area (Å²) < 4.78 is 57.8. The highest BCUT2D eigenvalue weighted by Crippen LogP contribution is 2.36. The Kier molecular flexibility index (Phi) is 5.19. The number of benzene rings is 3. The number of hydrogen-bond donors (Lipinski definition) is 1. The summed E-state index contributed by atoms with van der Waals surface area (Å²) in [5, 5.41) is 5.13. The molecule has 0 amide bonds. The molecule has 8 heteroatoms. The van der Waals surface area contributed by atoms with Crippen molar-refractivity contribution in [3.05, 3.63) is 95.9 Å². The number of nitrogens with two attached hydrogens (primary N) is 1. The smallest absolute Gasteiger partial charge is 0.238 e. The quantitative estimate of drug-likeness (QED) is 0.508. The summed E-state index contributed by atoms with van der Waals surface area (Å²) in [6.07, 6.45) is 0.319. The Morgan fingerprint density at radius 1 is 0.867 bits per heavy atom. The lowest BCUT2D eigenvalue weighted by Crippen LogP contribution is -2.11. The van der Waals surface area contributed by atoms with E-state index in [9.17, 15) is 17.2 Å². The summed E-state index contributed by atoms with van der Waals surface area (Å²) in [5.41, 5.74) is 1.01. The van der Waals surface area contributed by atoms with Gasteiger partial charge in [0, 0.05) is 12.0 Å². The van der Waals surface area contributed by atoms with Gasteiger partial charge < -0.3 is 4.42 Å². The molecular formula is C22H16F2N2O3S. The van der Waals surface area contributed by atoms with Gasteiger partial charge in [-0.2, -0.15) is 0 Å². The summed E-state index contributed by atoms with van der Waals surface area (Å²) in [6, 6.07) is 18.4. The molecule has 0 unspecified atom stereocenters. The highest BCUT2D eigenvalue weighted by atomic mass is 32.2. The zero-order valence-electron chi connectivity index (χ0n) is 15.5. The molecular weight excluding hydrogens is 410 g/mol. The number of primary sulfonamides is 1. The van der Waals surface area contributed by atoms with Crippen LogP contribution in [0.1, 0.15) is 11.5 Å². The van der Waals surface area contributed by atoms with Crippen molar-refractivity contribution >= 4 is 10.0 Å². The molecule has 4 rings (SSSR count). The SMILES string of the molecule is NS(=O)(=O)c1ccc(-c2oc(Cc3ccccc3)nc2-c2c(F)cccc2F)cc1. The lowest BCUT2D eigenvalue weighted by molar-refractivity contribution is 0.519. The van der Waals surface area contributed by atoms with E-state index in [1.54, 1.807) is 0 Å². The van der Waals surface area contributed by atoms with E-state index in [1.165, 1.54) is 30.3 Å². The first-order valence-corrected chi connectivity index (χ1v) is 10.5. The first-order chi connectivity index (χ1) is 14.3. The monoisotopic (exact) mass is 426 g/mol. The Hall–Kier alpha value is -3.36. The third-order valence-corrected chi connectivity index (χ3v) is 5.44. The number of nitrogens with zero attached hydrogens (tertiary/aromatic N) is 1. The fourth-order valence-electron chi connectivity index (χ4n) is 3.10. The predicted octanol–water partition coefficient (Wildman–Crippen LogP) is 4.53. The fraction of sp³-hybridized carbons (Fsp3) is 0.0455. The van der Waals surface area contributed by atoms with Crippen LogP contribution < -0.4 is 5.14 Å². The highest BCUT2D eigenvalue weighted by Gasteiger charge is 2.23. The molecule has 0 aliphatic carbocycles. The van der Waals surface area contributed by atoms with Gasteiger partial charge in [-0.3, -0.25) is 0 Å². The number of oxazole rings is 1. The molecule has 1 aromatic heterocycles. The molecule has 0 spiro atoms. The van der Waals surface area contributed by atoms with Crippen LogP contribution in [0.25, 0.3) is 22.6 Å². The molecule has 0 fully saturated rings. The third-order valence-electron chi connectivity index (χ3n) is 4.51. The topological polar surface area (TPSA) is 86.2 Å². The maximum absolute atomic E-state index is 14.5. The van der Waals surface area contributed by atoms with Crippen molar-refractivity contribution in [3.63, 3.8) is 0 Å². The molecule has 1 heterocycles. The molecule has 0 radical (unpaired) electrons. The van der Waals surface area contributed by atoms with E-state index in [1.807, 2.05) is 30.3 Å². The van der Waals surface area contributed by atoms with Crippen molar-refractivity contribution in [2.75, 3.05) is 0 Å². The third kappa shape index (κ3) is 4.00. The van der Waals surface area contributed by atoms with Crippen molar-refractivity contribution in [2.45, 2.75) is 11.3 Å². The van der Waals surface area contributed by atoms with Gasteiger partial charge in [0.25, 0.3) is 0 Å². The standard InChI is InChI=1S/C22H16F2N2O3S/c23-17-7-4-8-18(24)20(17)21-22(15-9-11-16(12-10-15)30(25,27)28)29-19(26-21)13-14-5-2-1-3-6-14/h1-12H,13H2,(H2,25,27,28). The fourth-order valence-corrected chi connectivity index (χ4v) is 3.61. The molecule has 0 bridgehead atoms. The number of rotatable bonds is 5. The van der Waals surface area contributed by atoms with E-state index in [2.05, 4.69) is 4.98 Å². The number of aromatic nitrogens is 1. The maximum atomic E-state index is 14.5. The summed E-state index contributed by atoms with van der Waals surface area (Å²) in [4.78, 5) is 4.27. The minimum Gasteiger partial charge on any atom is -0.440 e. The van der Waals surface area contributed by atoms with Gasteiger partial charge in [-0.05, 0) is 42.0 Å². The summed E-state index contributed by atoms with van der Waals surface area (Å²) in [5.74, 6) is -1.16. The second kappa shape index (κ2) is 7.81. The van der Waals surface area contributed by atoms with Crippen molar-refractivity contribution < 1.29 is 21.6 Å². The van der Waals surface area contributed by atoms with Gasteiger partial charge in [-0.15, -0.1) is 0 Å². The van der Waals surface area contributed by atoms with Crippen molar-refractivity contribution in [2.24, 2.45) is 5.14 Å². The van der Waals surface area contributed by atoms with Gasteiger partial charge in [0.1, 0.15) is 17.3 Å². The molecule has 0 aliphatic rings. The number of sulfonamides is 1. The van der Waals surface area contributed by atoms with Gasteiger partial charge in [0.2, 0.25) is 10.0 Å². The molecule has 3 aromatic carbocycles. The molecule has 30 heavy (non-hydrogen) atoms. The first kappa shape index (κ1) is 19.9. The first-order valence-electron chi connectivity index (χ1n) is 8.94. The second-order valence-corrected chi connectivity index (χ2v) is 8.18. The highest BCUT2D eigenvalue weighted by molar-refractivity contribution is 7.89. The van der Waals surface area contributed by atoms with Crippen LogP contribution in [0.5, 0.6) is 0 Å². The van der Waals surface area contributed by atoms with E-state index in [0.717, 1.165) is 17.7 Å². The van der Waals surface area contributed by atoms with Gasteiger partial charge in [0.15, 0.2) is 11.7 Å². The zero-order chi connectivity index (χ0) is 21.3. The number of hydrogen-bond acceptors (Lipinski definition) is 4. The minimum atomic E-state index is -3.88. The molecule has 4 aromatic rings. The zero-order valence-corrected chi connectivity index (χ0v) is 16.4. The Morgan fingerprint density at radius 3 is 2.10 bits per heavy atom. The maximum Gasteiger partial charge on any atom is 0.238 e. The van der Waals surface area contributed by atoms with Crippen molar-refractivity contribution in [1.29, 1.82) is 0 Å². The van der Waals surface area contributed by atoms with Gasteiger partial charge in [0.05, 0.1) is 10.5 Å². The van der Waals surface area contributed by atoms with Crippen LogP contribution in [0.15, 0.2) is 82.1 Å². The molecule has 0 saturated heterocycles. The Labute approximate surface area is 171 Å². The van der Waals surface area contributed by atoms with Crippen LogP contribution in [0.2, 0.25) is 0 Å². The average molecular weight is 426 g/mol. The van der Waals surface area contributed by atoms with Crippen molar-refractivity contribution in [1.82, 2.24) is 4.98 Å². The van der Waals surface area contributed by atoms with Crippen LogP contribution in [-0.2, 0) is 16.4 Å². The van der Waals surface area contributed by atoms with E-state index in [4.69, 9.17) is 9.56 Å². The van der Waals surface area contributed by atoms with Crippen LogP contribution in [0.4, 0.5) is 8.78 Å². The second-order valence-electron chi connectivity index (χ2n) is 6.61. The summed E-state index contributed by atoms with van der Waals surface area (Å²) in [6.45, 7) is 0. The van der Waals surface area contributed by atoms with Crippen molar-refractivity contribution in [3.8, 4) is 22.6 Å². The molecule has 152 valence electrons.